The minimum absolute atomic E-state index is 0.178. The molecule has 0 fully saturated rings. The first-order valence-corrected chi connectivity index (χ1v) is 8.89. The van der Waals surface area contributed by atoms with Crippen molar-refractivity contribution in [2.75, 3.05) is 32.2 Å². The van der Waals surface area contributed by atoms with Gasteiger partial charge in [-0.15, -0.1) is 0 Å². The minimum atomic E-state index is -0.456. The number of anilines is 1. The number of esters is 1. The van der Waals surface area contributed by atoms with E-state index >= 15 is 0 Å². The van der Waals surface area contributed by atoms with Crippen LogP contribution in [0.3, 0.4) is 0 Å². The second kappa shape index (κ2) is 11.0. The predicted octanol–water partition coefficient (Wildman–Crippen LogP) is 2.07. The van der Waals surface area contributed by atoms with E-state index in [0.717, 1.165) is 5.56 Å². The third-order valence-corrected chi connectivity index (χ3v) is 3.87. The molecule has 0 aliphatic rings. The van der Waals surface area contributed by atoms with Crippen LogP contribution in [0.15, 0.2) is 42.7 Å². The monoisotopic (exact) mass is 374 g/mol. The fraction of sp³-hybridized carbons (Fsp3) is 0.421. The zero-order chi connectivity index (χ0) is 19.5. The average molecular weight is 374 g/mol. The smallest absolute Gasteiger partial charge is 0.319 e. The van der Waals surface area contributed by atoms with E-state index in [1.165, 1.54) is 0 Å². The summed E-state index contributed by atoms with van der Waals surface area (Å²) >= 11 is 0. The summed E-state index contributed by atoms with van der Waals surface area (Å²) in [4.78, 5) is 24.3. The van der Waals surface area contributed by atoms with E-state index in [-0.39, 0.29) is 12.5 Å². The molecule has 0 radical (unpaired) electrons. The predicted molar refractivity (Wildman–Crippen MR) is 101 cm³/mol. The van der Waals surface area contributed by atoms with E-state index in [2.05, 4.69) is 15.7 Å². The molecule has 0 spiro atoms. The molecule has 8 heteroatoms. The van der Waals surface area contributed by atoms with Crippen LogP contribution in [0, 0.1) is 5.92 Å². The van der Waals surface area contributed by atoms with Crippen molar-refractivity contribution in [1.29, 1.82) is 0 Å². The molecular weight excluding hydrogens is 348 g/mol. The van der Waals surface area contributed by atoms with Crippen LogP contribution in [-0.4, -0.2) is 48.6 Å². The number of nitrogens with zero attached hydrogens (tertiary/aromatic N) is 2. The van der Waals surface area contributed by atoms with Crippen LogP contribution in [0.25, 0.3) is 0 Å². The number of benzene rings is 1. The van der Waals surface area contributed by atoms with E-state index in [1.807, 2.05) is 30.3 Å². The number of aromatic nitrogens is 2. The number of hydrogen-bond acceptors (Lipinski definition) is 5. The molecule has 146 valence electrons. The van der Waals surface area contributed by atoms with Gasteiger partial charge in [0.25, 0.3) is 0 Å². The molecule has 0 aliphatic heterocycles. The van der Waals surface area contributed by atoms with E-state index in [9.17, 15) is 9.59 Å². The highest BCUT2D eigenvalue weighted by Gasteiger charge is 2.21. The zero-order valence-corrected chi connectivity index (χ0v) is 15.7. The molecule has 2 rings (SSSR count). The third-order valence-electron chi connectivity index (χ3n) is 3.87. The van der Waals surface area contributed by atoms with Gasteiger partial charge in [0.15, 0.2) is 0 Å². The van der Waals surface area contributed by atoms with E-state index < -0.39 is 11.9 Å². The first-order valence-electron chi connectivity index (χ1n) is 8.89. The lowest BCUT2D eigenvalue weighted by Gasteiger charge is -2.16. The van der Waals surface area contributed by atoms with Crippen LogP contribution in [0.2, 0.25) is 0 Å². The molecule has 0 unspecified atom stereocenters. The maximum Gasteiger partial charge on any atom is 0.319 e. The van der Waals surface area contributed by atoms with Crippen molar-refractivity contribution < 1.29 is 19.1 Å². The standard InChI is InChI=1S/C19H26N4O4/c1-3-27-18(24)16(11-15-7-5-4-6-8-15)12-20-19(25)22-17-13-21-23(14-17)9-10-26-2/h4-8,13-14,16H,3,9-12H2,1-2H3,(H2,20,22,25)/t16-/m1/s1. The quantitative estimate of drug-likeness (QED) is 0.621. The van der Waals surface area contributed by atoms with Gasteiger partial charge in [0.1, 0.15) is 0 Å². The molecular formula is C19H26N4O4. The molecule has 2 amide bonds. The highest BCUT2D eigenvalue weighted by atomic mass is 16.5. The lowest BCUT2D eigenvalue weighted by Crippen LogP contribution is -2.37. The van der Waals surface area contributed by atoms with Crippen LogP contribution < -0.4 is 10.6 Å². The highest BCUT2D eigenvalue weighted by molar-refractivity contribution is 5.89. The normalized spacial score (nSPS) is 11.6. The van der Waals surface area contributed by atoms with Gasteiger partial charge in [-0.1, -0.05) is 30.3 Å². The first kappa shape index (κ1) is 20.4. The molecule has 1 heterocycles. The van der Waals surface area contributed by atoms with Crippen molar-refractivity contribution in [1.82, 2.24) is 15.1 Å². The van der Waals surface area contributed by atoms with Crippen molar-refractivity contribution in [2.24, 2.45) is 5.92 Å². The summed E-state index contributed by atoms with van der Waals surface area (Å²) in [5, 5.41) is 9.56. The lowest BCUT2D eigenvalue weighted by molar-refractivity contribution is -0.147. The van der Waals surface area contributed by atoms with E-state index in [1.54, 1.807) is 31.1 Å². The Hall–Kier alpha value is -2.87. The Labute approximate surface area is 158 Å². The van der Waals surface area contributed by atoms with Gasteiger partial charge in [-0.3, -0.25) is 9.48 Å². The van der Waals surface area contributed by atoms with E-state index in [0.29, 0.717) is 31.9 Å². The van der Waals surface area contributed by atoms with Gasteiger partial charge in [0.2, 0.25) is 0 Å². The van der Waals surface area contributed by atoms with Crippen LogP contribution in [-0.2, 0) is 27.2 Å². The van der Waals surface area contributed by atoms with Gasteiger partial charge in [-0.25, -0.2) is 4.79 Å². The van der Waals surface area contributed by atoms with Gasteiger partial charge < -0.3 is 20.1 Å². The lowest BCUT2D eigenvalue weighted by atomic mass is 9.99. The summed E-state index contributed by atoms with van der Waals surface area (Å²) in [5.74, 6) is -0.781. The van der Waals surface area contributed by atoms with Gasteiger partial charge in [0.05, 0.1) is 37.6 Å². The largest absolute Gasteiger partial charge is 0.466 e. The fourth-order valence-electron chi connectivity index (χ4n) is 2.52. The van der Waals surface area contributed by atoms with Crippen LogP contribution in [0.1, 0.15) is 12.5 Å². The maximum absolute atomic E-state index is 12.2. The summed E-state index contributed by atoms with van der Waals surface area (Å²) in [6.07, 6.45) is 3.77. The van der Waals surface area contributed by atoms with Crippen molar-refractivity contribution in [3.05, 3.63) is 48.3 Å². The Morgan fingerprint density at radius 3 is 2.74 bits per heavy atom. The number of amides is 2. The van der Waals surface area contributed by atoms with Crippen LogP contribution in [0.4, 0.5) is 10.5 Å². The van der Waals surface area contributed by atoms with Crippen molar-refractivity contribution in [3.8, 4) is 0 Å². The minimum Gasteiger partial charge on any atom is -0.466 e. The molecule has 0 saturated carbocycles. The molecule has 0 aliphatic carbocycles. The number of ether oxygens (including phenoxy) is 2. The SMILES string of the molecule is CCOC(=O)[C@@H](CNC(=O)Nc1cnn(CCOC)c1)Cc1ccccc1. The summed E-state index contributed by atoms with van der Waals surface area (Å²) < 4.78 is 11.8. The fourth-order valence-corrected chi connectivity index (χ4v) is 2.52. The molecule has 8 nitrogen and oxygen atoms in total. The summed E-state index contributed by atoms with van der Waals surface area (Å²) in [6.45, 7) is 3.38. The maximum atomic E-state index is 12.2. The Bertz CT molecular complexity index is 718. The van der Waals surface area contributed by atoms with Crippen LogP contribution in [0.5, 0.6) is 0 Å². The van der Waals surface area contributed by atoms with Crippen molar-refractivity contribution in [3.63, 3.8) is 0 Å². The van der Waals surface area contributed by atoms with Crippen molar-refractivity contribution >= 4 is 17.7 Å². The Balaban J connectivity index is 1.88. The molecule has 2 aromatic rings. The number of carbonyl (C=O) groups is 2. The molecule has 0 saturated heterocycles. The molecule has 2 N–H and O–H groups in total. The topological polar surface area (TPSA) is 94.5 Å². The Morgan fingerprint density at radius 1 is 1.26 bits per heavy atom. The molecule has 27 heavy (non-hydrogen) atoms. The van der Waals surface area contributed by atoms with Gasteiger partial charge in [0, 0.05) is 19.9 Å². The second-order valence-electron chi connectivity index (χ2n) is 5.96. The molecule has 0 bridgehead atoms. The number of urea groups is 1. The molecule has 1 atom stereocenters. The zero-order valence-electron chi connectivity index (χ0n) is 15.7. The number of rotatable bonds is 10. The first-order chi connectivity index (χ1) is 13.1. The van der Waals surface area contributed by atoms with Crippen LogP contribution >= 0.6 is 0 Å². The van der Waals surface area contributed by atoms with Gasteiger partial charge in [-0.05, 0) is 18.9 Å². The molecule has 1 aromatic carbocycles. The van der Waals surface area contributed by atoms with Gasteiger partial charge in [-0.2, -0.15) is 5.10 Å². The van der Waals surface area contributed by atoms with Crippen molar-refractivity contribution in [2.45, 2.75) is 19.9 Å². The van der Waals surface area contributed by atoms with Gasteiger partial charge >= 0.3 is 12.0 Å². The summed E-state index contributed by atoms with van der Waals surface area (Å²) in [5.41, 5.74) is 1.58. The third kappa shape index (κ3) is 7.10. The second-order valence-corrected chi connectivity index (χ2v) is 5.96. The number of hydrogen-bond donors (Lipinski definition) is 2. The number of nitrogens with one attached hydrogen (secondary N) is 2. The highest BCUT2D eigenvalue weighted by Crippen LogP contribution is 2.11. The van der Waals surface area contributed by atoms with E-state index in [4.69, 9.17) is 9.47 Å². The summed E-state index contributed by atoms with van der Waals surface area (Å²) in [7, 11) is 1.62. The Kier molecular flexibility index (Phi) is 8.31. The number of methoxy groups -OCH3 is 1. The molecule has 1 aromatic heterocycles. The average Bonchev–Trinajstić information content (AvgIpc) is 3.11. The Morgan fingerprint density at radius 2 is 2.04 bits per heavy atom. The number of carbonyl (C=O) groups excluding carboxylic acids is 2. The summed E-state index contributed by atoms with van der Waals surface area (Å²) in [6, 6.07) is 9.24.